The van der Waals surface area contributed by atoms with Crippen LogP contribution in [-0.2, 0) is 9.47 Å². The summed E-state index contributed by atoms with van der Waals surface area (Å²) in [7, 11) is 3.89. The van der Waals surface area contributed by atoms with Gasteiger partial charge < -0.3 is 18.9 Å². The molecule has 3 aromatic rings. The molecule has 3 rings (SSSR count). The summed E-state index contributed by atoms with van der Waals surface area (Å²) in [5, 5.41) is 13.4. The van der Waals surface area contributed by atoms with Gasteiger partial charge >= 0.3 is 11.9 Å². The van der Waals surface area contributed by atoms with Gasteiger partial charge in [0, 0.05) is 5.56 Å². The lowest BCUT2D eigenvalue weighted by atomic mass is 10.0. The van der Waals surface area contributed by atoms with Crippen molar-refractivity contribution >= 4 is 11.9 Å². The van der Waals surface area contributed by atoms with Crippen molar-refractivity contribution in [1.29, 1.82) is 5.26 Å². The van der Waals surface area contributed by atoms with Crippen molar-refractivity contribution in [2.24, 2.45) is 0 Å². The molecule has 0 radical (unpaired) electrons. The number of esters is 2. The number of methoxy groups -OCH3 is 3. The Hall–Kier alpha value is -4.32. The number of carbonyl (C=O) groups is 2. The molecule has 0 bridgehead atoms. The van der Waals surface area contributed by atoms with Crippen LogP contribution in [0.1, 0.15) is 20.8 Å². The summed E-state index contributed by atoms with van der Waals surface area (Å²) in [5.41, 5.74) is 0.775. The van der Waals surface area contributed by atoms with E-state index >= 15 is 0 Å². The van der Waals surface area contributed by atoms with Crippen molar-refractivity contribution in [3.8, 4) is 34.5 Å². The average Bonchev–Trinajstić information content (AvgIpc) is 3.22. The molecular weight excluding hydrogens is 402 g/mol. The van der Waals surface area contributed by atoms with Gasteiger partial charge in [0.25, 0.3) is 0 Å². The molecule has 158 valence electrons. The Morgan fingerprint density at radius 3 is 2.35 bits per heavy atom. The predicted octanol–water partition coefficient (Wildman–Crippen LogP) is 3.02. The molecule has 0 fully saturated rings. The SMILES string of the molecule is COC(=O)c1c(-c2cc(OC)ccc2OCC#N)nn(-c2ccccc2)c1C(=O)OC. The van der Waals surface area contributed by atoms with Crippen molar-refractivity contribution < 1.29 is 28.5 Å². The van der Waals surface area contributed by atoms with E-state index in [1.165, 1.54) is 26.0 Å². The highest BCUT2D eigenvalue weighted by atomic mass is 16.5. The Morgan fingerprint density at radius 2 is 1.74 bits per heavy atom. The van der Waals surface area contributed by atoms with Crippen LogP contribution < -0.4 is 9.47 Å². The van der Waals surface area contributed by atoms with E-state index in [0.717, 1.165) is 0 Å². The number of ether oxygens (including phenoxy) is 4. The monoisotopic (exact) mass is 421 g/mol. The number of carbonyl (C=O) groups excluding carboxylic acids is 2. The zero-order valence-corrected chi connectivity index (χ0v) is 17.1. The van der Waals surface area contributed by atoms with Crippen LogP contribution in [0.5, 0.6) is 11.5 Å². The number of hydrogen-bond donors (Lipinski definition) is 0. The number of nitrogens with zero attached hydrogens (tertiary/aromatic N) is 3. The largest absolute Gasteiger partial charge is 0.497 e. The lowest BCUT2D eigenvalue weighted by Crippen LogP contribution is -2.15. The van der Waals surface area contributed by atoms with Crippen molar-refractivity contribution in [3.63, 3.8) is 0 Å². The first-order valence-corrected chi connectivity index (χ1v) is 9.08. The van der Waals surface area contributed by atoms with Gasteiger partial charge in [0.15, 0.2) is 12.3 Å². The molecule has 0 aliphatic carbocycles. The van der Waals surface area contributed by atoms with Gasteiger partial charge in [-0.15, -0.1) is 0 Å². The van der Waals surface area contributed by atoms with E-state index in [2.05, 4.69) is 5.10 Å². The minimum absolute atomic E-state index is 0.103. The normalized spacial score (nSPS) is 10.1. The van der Waals surface area contributed by atoms with E-state index in [0.29, 0.717) is 17.0 Å². The fourth-order valence-electron chi connectivity index (χ4n) is 3.00. The van der Waals surface area contributed by atoms with Gasteiger partial charge in [-0.3, -0.25) is 0 Å². The number of rotatable bonds is 7. The summed E-state index contributed by atoms with van der Waals surface area (Å²) in [6.07, 6.45) is 0. The number of aromatic nitrogens is 2. The summed E-state index contributed by atoms with van der Waals surface area (Å²) >= 11 is 0. The minimum Gasteiger partial charge on any atom is -0.497 e. The molecule has 0 atom stereocenters. The lowest BCUT2D eigenvalue weighted by molar-refractivity contribution is 0.0549. The van der Waals surface area contributed by atoms with Crippen LogP contribution in [-0.4, -0.2) is 49.7 Å². The third-order valence-electron chi connectivity index (χ3n) is 4.39. The van der Waals surface area contributed by atoms with Gasteiger partial charge in [-0.2, -0.15) is 10.4 Å². The summed E-state index contributed by atoms with van der Waals surface area (Å²) in [4.78, 5) is 25.4. The number of para-hydroxylation sites is 1. The van der Waals surface area contributed by atoms with E-state index in [1.54, 1.807) is 42.5 Å². The Kier molecular flexibility index (Phi) is 6.52. The van der Waals surface area contributed by atoms with E-state index in [4.69, 9.17) is 24.2 Å². The zero-order valence-electron chi connectivity index (χ0n) is 17.1. The van der Waals surface area contributed by atoms with Crippen LogP contribution in [0, 0.1) is 11.3 Å². The second kappa shape index (κ2) is 9.45. The smallest absolute Gasteiger partial charge is 0.357 e. The van der Waals surface area contributed by atoms with Gasteiger partial charge in [0.05, 0.1) is 27.0 Å². The molecule has 9 nitrogen and oxygen atoms in total. The third kappa shape index (κ3) is 4.18. The van der Waals surface area contributed by atoms with E-state index < -0.39 is 11.9 Å². The Labute approximate surface area is 178 Å². The molecule has 0 amide bonds. The Balaban J connectivity index is 2.38. The first-order chi connectivity index (χ1) is 15.0. The molecule has 2 aromatic carbocycles. The van der Waals surface area contributed by atoms with Gasteiger partial charge in [-0.1, -0.05) is 18.2 Å². The van der Waals surface area contributed by atoms with Crippen molar-refractivity contribution in [1.82, 2.24) is 9.78 Å². The molecule has 0 aliphatic heterocycles. The van der Waals surface area contributed by atoms with Gasteiger partial charge in [0.2, 0.25) is 0 Å². The van der Waals surface area contributed by atoms with Crippen LogP contribution in [0.15, 0.2) is 48.5 Å². The summed E-state index contributed by atoms with van der Waals surface area (Å²) in [6, 6.07) is 15.5. The first kappa shape index (κ1) is 21.4. The lowest BCUT2D eigenvalue weighted by Gasteiger charge is -2.11. The molecule has 0 saturated heterocycles. The van der Waals surface area contributed by atoms with Crippen LogP contribution in [0.25, 0.3) is 16.9 Å². The van der Waals surface area contributed by atoms with E-state index in [1.807, 2.05) is 12.1 Å². The molecule has 0 N–H and O–H groups in total. The predicted molar refractivity (Wildman–Crippen MR) is 109 cm³/mol. The maximum absolute atomic E-state index is 12.8. The molecule has 1 heterocycles. The van der Waals surface area contributed by atoms with Crippen molar-refractivity contribution in [2.45, 2.75) is 0 Å². The molecule has 31 heavy (non-hydrogen) atoms. The number of benzene rings is 2. The zero-order chi connectivity index (χ0) is 22.4. The number of nitriles is 1. The molecule has 9 heteroatoms. The number of hydrogen-bond acceptors (Lipinski definition) is 8. The van der Waals surface area contributed by atoms with Gasteiger partial charge in [-0.05, 0) is 30.3 Å². The molecule has 1 aromatic heterocycles. The summed E-state index contributed by atoms with van der Waals surface area (Å²) in [5.74, 6) is -0.817. The van der Waals surface area contributed by atoms with Gasteiger partial charge in [-0.25, -0.2) is 14.3 Å². The fraction of sp³-hybridized carbons (Fsp3) is 0.182. The highest BCUT2D eigenvalue weighted by Crippen LogP contribution is 2.37. The highest BCUT2D eigenvalue weighted by Gasteiger charge is 2.32. The summed E-state index contributed by atoms with van der Waals surface area (Å²) in [6.45, 7) is -0.226. The maximum atomic E-state index is 12.8. The average molecular weight is 421 g/mol. The molecule has 0 saturated carbocycles. The van der Waals surface area contributed by atoms with Crippen molar-refractivity contribution in [3.05, 3.63) is 59.8 Å². The van der Waals surface area contributed by atoms with E-state index in [-0.39, 0.29) is 29.3 Å². The topological polar surface area (TPSA) is 113 Å². The summed E-state index contributed by atoms with van der Waals surface area (Å²) < 4.78 is 22.0. The second-order valence-electron chi connectivity index (χ2n) is 6.11. The fourth-order valence-corrected chi connectivity index (χ4v) is 3.00. The molecule has 0 unspecified atom stereocenters. The van der Waals surface area contributed by atoms with Crippen LogP contribution in [0.2, 0.25) is 0 Å². The van der Waals surface area contributed by atoms with Crippen LogP contribution >= 0.6 is 0 Å². The Bertz CT molecular complexity index is 1150. The molecular formula is C22H19N3O6. The first-order valence-electron chi connectivity index (χ1n) is 9.08. The quantitative estimate of drug-likeness (QED) is 0.535. The second-order valence-corrected chi connectivity index (χ2v) is 6.11. The van der Waals surface area contributed by atoms with E-state index in [9.17, 15) is 9.59 Å². The highest BCUT2D eigenvalue weighted by molar-refractivity contribution is 6.07. The standard InChI is InChI=1S/C22H19N3O6/c1-28-15-9-10-17(31-12-11-23)16(13-15)19-18(21(26)29-2)20(22(27)30-3)25(24-19)14-7-5-4-6-8-14/h4-10,13H,12H2,1-3H3. The Morgan fingerprint density at radius 1 is 1.03 bits per heavy atom. The maximum Gasteiger partial charge on any atom is 0.357 e. The molecule has 0 aliphatic rings. The third-order valence-corrected chi connectivity index (χ3v) is 4.39. The van der Waals surface area contributed by atoms with Crippen LogP contribution in [0.3, 0.4) is 0 Å². The molecule has 0 spiro atoms. The minimum atomic E-state index is -0.786. The van der Waals surface area contributed by atoms with Gasteiger partial charge in [0.1, 0.15) is 28.8 Å². The van der Waals surface area contributed by atoms with Crippen LogP contribution in [0.4, 0.5) is 0 Å². The van der Waals surface area contributed by atoms with Crippen molar-refractivity contribution in [2.75, 3.05) is 27.9 Å².